The van der Waals surface area contributed by atoms with E-state index in [0.29, 0.717) is 0 Å². The molecule has 0 N–H and O–H groups in total. The van der Waals surface area contributed by atoms with E-state index in [-0.39, 0.29) is 11.9 Å². The van der Waals surface area contributed by atoms with E-state index in [1.165, 1.54) is 13.2 Å². The minimum absolute atomic E-state index is 0.0981. The summed E-state index contributed by atoms with van der Waals surface area (Å²) in [6.07, 6.45) is 3.95. The van der Waals surface area contributed by atoms with Crippen LogP contribution in [0.15, 0.2) is 11.6 Å². The lowest BCUT2D eigenvalue weighted by molar-refractivity contribution is -0.134. The van der Waals surface area contributed by atoms with Crippen LogP contribution in [0.1, 0.15) is 19.3 Å². The average Bonchev–Trinajstić information content (AvgIpc) is 2.52. The molecule has 0 aromatic carbocycles. The van der Waals surface area contributed by atoms with Crippen molar-refractivity contribution in [1.82, 2.24) is 0 Å². The number of allylic oxidation sites excluding steroid dienone is 1. The second-order valence-corrected chi connectivity index (χ2v) is 2.89. The van der Waals surface area contributed by atoms with Gasteiger partial charge < -0.3 is 4.74 Å². The maximum atomic E-state index is 10.8. The van der Waals surface area contributed by atoms with E-state index in [1.807, 2.05) is 0 Å². The van der Waals surface area contributed by atoms with Crippen LogP contribution < -0.4 is 0 Å². The molecule has 0 heterocycles. The van der Waals surface area contributed by atoms with Crippen molar-refractivity contribution in [2.45, 2.75) is 19.3 Å². The van der Waals surface area contributed by atoms with Crippen LogP contribution in [0.3, 0.4) is 0 Å². The fourth-order valence-electron chi connectivity index (χ4n) is 1.35. The Labute approximate surface area is 71.6 Å². The summed E-state index contributed by atoms with van der Waals surface area (Å²) < 4.78 is 4.48. The Balaban J connectivity index is 2.52. The van der Waals surface area contributed by atoms with E-state index in [0.717, 1.165) is 24.8 Å². The second-order valence-electron chi connectivity index (χ2n) is 2.89. The molecule has 0 spiro atoms. The molecule has 3 heteroatoms. The van der Waals surface area contributed by atoms with Crippen LogP contribution >= 0.6 is 0 Å². The molecule has 12 heavy (non-hydrogen) atoms. The number of hydrogen-bond donors (Lipinski definition) is 0. The Hall–Kier alpha value is -1.30. The Morgan fingerprint density at radius 3 is 3.08 bits per heavy atom. The van der Waals surface area contributed by atoms with Crippen molar-refractivity contribution in [3.63, 3.8) is 0 Å². The summed E-state index contributed by atoms with van der Waals surface area (Å²) in [6, 6.07) is 2.19. The van der Waals surface area contributed by atoms with Gasteiger partial charge >= 0.3 is 5.97 Å². The Kier molecular flexibility index (Phi) is 2.87. The third-order valence-electron chi connectivity index (χ3n) is 2.03. The lowest BCUT2D eigenvalue weighted by Crippen LogP contribution is -1.95. The Morgan fingerprint density at radius 2 is 2.58 bits per heavy atom. The van der Waals surface area contributed by atoms with Gasteiger partial charge in [0.2, 0.25) is 0 Å². The molecular weight excluding hydrogens is 154 g/mol. The van der Waals surface area contributed by atoms with Gasteiger partial charge in [0.15, 0.2) is 0 Å². The highest BCUT2D eigenvalue weighted by Crippen LogP contribution is 2.29. The van der Waals surface area contributed by atoms with Gasteiger partial charge in [0, 0.05) is 6.08 Å². The molecule has 0 saturated heterocycles. The molecule has 1 aliphatic carbocycles. The predicted octanol–water partition coefficient (Wildman–Crippen LogP) is 1.41. The summed E-state index contributed by atoms with van der Waals surface area (Å²) in [5.74, 6) is -0.218. The number of hydrogen-bond acceptors (Lipinski definition) is 3. The number of rotatable bonds is 1. The molecule has 0 radical (unpaired) electrons. The van der Waals surface area contributed by atoms with E-state index in [4.69, 9.17) is 5.26 Å². The zero-order chi connectivity index (χ0) is 8.97. The zero-order valence-electron chi connectivity index (χ0n) is 7.04. The highest BCUT2D eigenvalue weighted by molar-refractivity contribution is 5.82. The SMILES string of the molecule is COC(=O)/C=C1/CCC(C#N)C1. The van der Waals surface area contributed by atoms with Crippen molar-refractivity contribution in [3.8, 4) is 6.07 Å². The standard InChI is InChI=1S/C9H11NO2/c1-12-9(11)5-7-2-3-8(4-7)6-10/h5,8H,2-4H2,1H3/b7-5-. The third-order valence-corrected chi connectivity index (χ3v) is 2.03. The van der Waals surface area contributed by atoms with Gasteiger partial charge in [-0.15, -0.1) is 0 Å². The van der Waals surface area contributed by atoms with Gasteiger partial charge in [-0.1, -0.05) is 5.57 Å². The van der Waals surface area contributed by atoms with Crippen LogP contribution in [0.4, 0.5) is 0 Å². The van der Waals surface area contributed by atoms with Crippen LogP contribution in [0.25, 0.3) is 0 Å². The molecular formula is C9H11NO2. The molecule has 1 saturated carbocycles. The van der Waals surface area contributed by atoms with Gasteiger partial charge in [0.1, 0.15) is 0 Å². The summed E-state index contributed by atoms with van der Waals surface area (Å²) >= 11 is 0. The number of esters is 1. The first-order valence-electron chi connectivity index (χ1n) is 3.93. The Bertz CT molecular complexity index is 250. The molecule has 0 aliphatic heterocycles. The van der Waals surface area contributed by atoms with E-state index < -0.39 is 0 Å². The summed E-state index contributed by atoms with van der Waals surface area (Å²) in [4.78, 5) is 10.8. The van der Waals surface area contributed by atoms with E-state index in [1.54, 1.807) is 0 Å². The first-order valence-corrected chi connectivity index (χ1v) is 3.93. The lowest BCUT2D eigenvalue weighted by atomic mass is 10.1. The second kappa shape index (κ2) is 3.91. The molecule has 3 nitrogen and oxygen atoms in total. The van der Waals surface area contributed by atoms with E-state index in [9.17, 15) is 4.79 Å². The molecule has 0 aromatic rings. The Morgan fingerprint density at radius 1 is 1.83 bits per heavy atom. The quantitative estimate of drug-likeness (QED) is 0.436. The van der Waals surface area contributed by atoms with Gasteiger partial charge in [-0.05, 0) is 19.3 Å². The molecule has 64 valence electrons. The number of carbonyl (C=O) groups excluding carboxylic acids is 1. The van der Waals surface area contributed by atoms with Crippen molar-refractivity contribution < 1.29 is 9.53 Å². The first-order chi connectivity index (χ1) is 5.76. The van der Waals surface area contributed by atoms with Crippen LogP contribution in [-0.4, -0.2) is 13.1 Å². The number of methoxy groups -OCH3 is 1. The van der Waals surface area contributed by atoms with Gasteiger partial charge in [-0.25, -0.2) is 4.79 Å². The minimum atomic E-state index is -0.316. The summed E-state index contributed by atoms with van der Waals surface area (Å²) in [5.41, 5.74) is 1.04. The fourth-order valence-corrected chi connectivity index (χ4v) is 1.35. The first kappa shape index (κ1) is 8.79. The molecule has 0 amide bonds. The van der Waals surface area contributed by atoms with Crippen LogP contribution in [0, 0.1) is 17.2 Å². The normalized spacial score (nSPS) is 25.3. The third kappa shape index (κ3) is 2.09. The van der Waals surface area contributed by atoms with Gasteiger partial charge in [0.25, 0.3) is 0 Å². The fraction of sp³-hybridized carbons (Fsp3) is 0.556. The van der Waals surface area contributed by atoms with E-state index in [2.05, 4.69) is 10.8 Å². The molecule has 1 unspecified atom stereocenters. The van der Waals surface area contributed by atoms with Crippen molar-refractivity contribution >= 4 is 5.97 Å². The van der Waals surface area contributed by atoms with Crippen molar-refractivity contribution in [1.29, 1.82) is 5.26 Å². The van der Waals surface area contributed by atoms with Crippen molar-refractivity contribution in [3.05, 3.63) is 11.6 Å². The van der Waals surface area contributed by atoms with Crippen LogP contribution in [-0.2, 0) is 9.53 Å². The lowest BCUT2D eigenvalue weighted by Gasteiger charge is -1.94. The maximum absolute atomic E-state index is 10.8. The van der Waals surface area contributed by atoms with E-state index >= 15 is 0 Å². The number of nitrogens with zero attached hydrogens (tertiary/aromatic N) is 1. The molecule has 0 bridgehead atoms. The molecule has 1 fully saturated rings. The smallest absolute Gasteiger partial charge is 0.330 e. The van der Waals surface area contributed by atoms with Crippen LogP contribution in [0.5, 0.6) is 0 Å². The summed E-state index contributed by atoms with van der Waals surface area (Å²) in [6.45, 7) is 0. The average molecular weight is 165 g/mol. The predicted molar refractivity (Wildman–Crippen MR) is 43.1 cm³/mol. The molecule has 0 aromatic heterocycles. The number of ether oxygens (including phenoxy) is 1. The van der Waals surface area contributed by atoms with Gasteiger partial charge in [-0.2, -0.15) is 5.26 Å². The topological polar surface area (TPSA) is 50.1 Å². The maximum Gasteiger partial charge on any atom is 0.330 e. The molecule has 1 aliphatic rings. The largest absolute Gasteiger partial charge is 0.466 e. The highest BCUT2D eigenvalue weighted by Gasteiger charge is 2.19. The van der Waals surface area contributed by atoms with Gasteiger partial charge in [0.05, 0.1) is 19.1 Å². The van der Waals surface area contributed by atoms with Crippen LogP contribution in [0.2, 0.25) is 0 Å². The molecule has 1 rings (SSSR count). The summed E-state index contributed by atoms with van der Waals surface area (Å²) in [7, 11) is 1.36. The van der Waals surface area contributed by atoms with Gasteiger partial charge in [-0.3, -0.25) is 0 Å². The van der Waals surface area contributed by atoms with Crippen molar-refractivity contribution in [2.24, 2.45) is 5.92 Å². The monoisotopic (exact) mass is 165 g/mol. The number of nitriles is 1. The molecule has 1 atom stereocenters. The minimum Gasteiger partial charge on any atom is -0.466 e. The number of carbonyl (C=O) groups is 1. The van der Waals surface area contributed by atoms with Crippen molar-refractivity contribution in [2.75, 3.05) is 7.11 Å². The summed E-state index contributed by atoms with van der Waals surface area (Å²) in [5, 5.41) is 8.58. The highest BCUT2D eigenvalue weighted by atomic mass is 16.5. The zero-order valence-corrected chi connectivity index (χ0v) is 7.04.